The van der Waals surface area contributed by atoms with Crippen LogP contribution >= 0.6 is 0 Å². The number of rotatable bonds is 5. The molecule has 2 aromatic rings. The maximum absolute atomic E-state index is 13.0. The number of nitrogens with one attached hydrogen (secondary N) is 1. The Morgan fingerprint density at radius 2 is 1.68 bits per heavy atom. The first-order valence-corrected chi connectivity index (χ1v) is 8.99. The van der Waals surface area contributed by atoms with Crippen LogP contribution in [0.15, 0.2) is 54.6 Å². The fourth-order valence-electron chi connectivity index (χ4n) is 3.59. The summed E-state index contributed by atoms with van der Waals surface area (Å²) in [6.45, 7) is 3.56. The van der Waals surface area contributed by atoms with Gasteiger partial charge in [0.1, 0.15) is 12.4 Å². The van der Waals surface area contributed by atoms with E-state index in [1.54, 1.807) is 0 Å². The summed E-state index contributed by atoms with van der Waals surface area (Å²) in [7, 11) is 1.90. The summed E-state index contributed by atoms with van der Waals surface area (Å²) in [6, 6.07) is 16.9. The van der Waals surface area contributed by atoms with Gasteiger partial charge in [-0.05, 0) is 17.7 Å². The number of likely N-dealkylation sites (tertiary alicyclic amines) is 1. The number of amides is 1. The molecule has 3 nitrogen and oxygen atoms in total. The molecule has 0 bridgehead atoms. The van der Waals surface area contributed by atoms with Gasteiger partial charge in [-0.2, -0.15) is 0 Å². The second kappa shape index (κ2) is 8.26. The Kier molecular flexibility index (Phi) is 5.82. The van der Waals surface area contributed by atoms with Gasteiger partial charge in [0.2, 0.25) is 5.91 Å². The van der Waals surface area contributed by atoms with E-state index in [9.17, 15) is 9.18 Å². The van der Waals surface area contributed by atoms with Gasteiger partial charge < -0.3 is 9.80 Å². The maximum Gasteiger partial charge on any atom is 0.226 e. The number of hydrogen-bond acceptors (Lipinski definition) is 1. The standard InChI is InChI=1S/C21H25FN2O/c1-23(15-17-5-3-2-4-6-17)21(25)19-11-13-24(14-12-19)16-18-7-9-20(22)10-8-18/h2-10,19H,11-16H2,1H3/p+1. The molecule has 1 fully saturated rings. The predicted molar refractivity (Wildman–Crippen MR) is 96.4 cm³/mol. The topological polar surface area (TPSA) is 24.8 Å². The lowest BCUT2D eigenvalue weighted by Crippen LogP contribution is -3.11. The average molecular weight is 341 g/mol. The van der Waals surface area contributed by atoms with Gasteiger partial charge in [0.05, 0.1) is 13.1 Å². The first-order chi connectivity index (χ1) is 12.1. The fraction of sp³-hybridized carbons (Fsp3) is 0.381. The molecule has 4 heteroatoms. The number of carbonyl (C=O) groups is 1. The van der Waals surface area contributed by atoms with Gasteiger partial charge in [-0.15, -0.1) is 0 Å². The van der Waals surface area contributed by atoms with Crippen molar-refractivity contribution < 1.29 is 14.1 Å². The van der Waals surface area contributed by atoms with E-state index in [0.29, 0.717) is 6.54 Å². The molecule has 0 aromatic heterocycles. The van der Waals surface area contributed by atoms with E-state index in [0.717, 1.165) is 43.6 Å². The Morgan fingerprint density at radius 1 is 1.04 bits per heavy atom. The van der Waals surface area contributed by atoms with Crippen molar-refractivity contribution in [3.8, 4) is 0 Å². The number of halogens is 1. The van der Waals surface area contributed by atoms with Crippen LogP contribution in [-0.4, -0.2) is 30.9 Å². The Morgan fingerprint density at radius 3 is 2.32 bits per heavy atom. The molecular weight excluding hydrogens is 315 g/mol. The molecule has 0 spiro atoms. The highest BCUT2D eigenvalue weighted by Crippen LogP contribution is 2.15. The highest BCUT2D eigenvalue weighted by atomic mass is 19.1. The molecule has 1 aliphatic heterocycles. The lowest BCUT2D eigenvalue weighted by atomic mass is 9.95. The number of quaternary nitrogens is 1. The van der Waals surface area contributed by atoms with E-state index in [2.05, 4.69) is 12.1 Å². The van der Waals surface area contributed by atoms with Gasteiger partial charge in [0.25, 0.3) is 0 Å². The lowest BCUT2D eigenvalue weighted by molar-refractivity contribution is -0.919. The van der Waals surface area contributed by atoms with Gasteiger partial charge in [-0.25, -0.2) is 4.39 Å². The van der Waals surface area contributed by atoms with Crippen LogP contribution in [0, 0.1) is 11.7 Å². The summed E-state index contributed by atoms with van der Waals surface area (Å²) in [5, 5.41) is 0. The molecule has 0 aliphatic carbocycles. The molecule has 25 heavy (non-hydrogen) atoms. The quantitative estimate of drug-likeness (QED) is 0.887. The largest absolute Gasteiger partial charge is 0.341 e. The van der Waals surface area contributed by atoms with Crippen molar-refractivity contribution in [2.45, 2.75) is 25.9 Å². The van der Waals surface area contributed by atoms with Crippen LogP contribution in [0.4, 0.5) is 4.39 Å². The minimum atomic E-state index is -0.190. The van der Waals surface area contributed by atoms with Crippen LogP contribution < -0.4 is 4.90 Å². The Labute approximate surface area is 149 Å². The summed E-state index contributed by atoms with van der Waals surface area (Å²) in [5.41, 5.74) is 2.32. The van der Waals surface area contributed by atoms with Crippen LogP contribution in [0.25, 0.3) is 0 Å². The maximum atomic E-state index is 13.0. The molecular formula is C21H26FN2O+. The minimum absolute atomic E-state index is 0.130. The number of carbonyl (C=O) groups excluding carboxylic acids is 1. The zero-order valence-electron chi connectivity index (χ0n) is 14.7. The van der Waals surface area contributed by atoms with Gasteiger partial charge in [0.15, 0.2) is 0 Å². The van der Waals surface area contributed by atoms with E-state index in [4.69, 9.17) is 0 Å². The number of nitrogens with zero attached hydrogens (tertiary/aromatic N) is 1. The first-order valence-electron chi connectivity index (χ1n) is 8.99. The number of piperidine rings is 1. The van der Waals surface area contributed by atoms with Crippen molar-refractivity contribution in [3.63, 3.8) is 0 Å². The number of hydrogen-bond donors (Lipinski definition) is 1. The molecule has 1 saturated heterocycles. The zero-order valence-corrected chi connectivity index (χ0v) is 14.7. The van der Waals surface area contributed by atoms with E-state index in [-0.39, 0.29) is 17.6 Å². The lowest BCUT2D eigenvalue weighted by Gasteiger charge is -2.31. The Balaban J connectivity index is 1.48. The SMILES string of the molecule is CN(Cc1ccccc1)C(=O)C1CC[NH+](Cc2ccc(F)cc2)CC1. The van der Waals surface area contributed by atoms with E-state index >= 15 is 0 Å². The molecule has 0 unspecified atom stereocenters. The summed E-state index contributed by atoms with van der Waals surface area (Å²) in [6.07, 6.45) is 1.85. The van der Waals surface area contributed by atoms with Gasteiger partial charge in [0, 0.05) is 37.9 Å². The second-order valence-electron chi connectivity index (χ2n) is 7.01. The molecule has 2 aromatic carbocycles. The third-order valence-electron chi connectivity index (χ3n) is 5.05. The van der Waals surface area contributed by atoms with Crippen molar-refractivity contribution in [2.75, 3.05) is 20.1 Å². The van der Waals surface area contributed by atoms with Crippen molar-refractivity contribution in [1.82, 2.24) is 4.90 Å². The Hall–Kier alpha value is -2.20. The van der Waals surface area contributed by atoms with Gasteiger partial charge in [-0.1, -0.05) is 42.5 Å². The van der Waals surface area contributed by atoms with Crippen LogP contribution in [0.1, 0.15) is 24.0 Å². The van der Waals surface area contributed by atoms with Gasteiger partial charge in [-0.3, -0.25) is 4.79 Å². The van der Waals surface area contributed by atoms with Crippen molar-refractivity contribution in [1.29, 1.82) is 0 Å². The third kappa shape index (κ3) is 4.89. The highest BCUT2D eigenvalue weighted by molar-refractivity contribution is 5.78. The molecule has 0 atom stereocenters. The fourth-order valence-corrected chi connectivity index (χ4v) is 3.59. The van der Waals surface area contributed by atoms with Crippen molar-refractivity contribution in [3.05, 3.63) is 71.5 Å². The monoisotopic (exact) mass is 341 g/mol. The third-order valence-corrected chi connectivity index (χ3v) is 5.05. The zero-order chi connectivity index (χ0) is 17.6. The molecule has 1 N–H and O–H groups in total. The molecule has 3 rings (SSSR count). The molecule has 1 aliphatic rings. The Bertz CT molecular complexity index is 679. The normalized spacial score (nSPS) is 20.2. The predicted octanol–water partition coefficient (Wildman–Crippen LogP) is 2.28. The summed E-state index contributed by atoms with van der Waals surface area (Å²) < 4.78 is 13.0. The van der Waals surface area contributed by atoms with Crippen molar-refractivity contribution in [2.24, 2.45) is 5.92 Å². The van der Waals surface area contributed by atoms with Crippen LogP contribution in [0.3, 0.4) is 0 Å². The molecule has 1 heterocycles. The minimum Gasteiger partial charge on any atom is -0.341 e. The molecule has 1 amide bonds. The van der Waals surface area contributed by atoms with Crippen LogP contribution in [-0.2, 0) is 17.9 Å². The molecule has 0 radical (unpaired) electrons. The van der Waals surface area contributed by atoms with E-state index < -0.39 is 0 Å². The highest BCUT2D eigenvalue weighted by Gasteiger charge is 2.29. The summed E-state index contributed by atoms with van der Waals surface area (Å²) >= 11 is 0. The first kappa shape index (κ1) is 17.6. The van der Waals surface area contributed by atoms with E-state index in [1.165, 1.54) is 17.0 Å². The van der Waals surface area contributed by atoms with Gasteiger partial charge >= 0.3 is 0 Å². The van der Waals surface area contributed by atoms with Crippen LogP contribution in [0.2, 0.25) is 0 Å². The summed E-state index contributed by atoms with van der Waals surface area (Å²) in [5.74, 6) is 0.194. The summed E-state index contributed by atoms with van der Waals surface area (Å²) in [4.78, 5) is 16.0. The molecule has 132 valence electrons. The number of benzene rings is 2. The van der Waals surface area contributed by atoms with E-state index in [1.807, 2.05) is 42.3 Å². The average Bonchev–Trinajstić information content (AvgIpc) is 2.64. The van der Waals surface area contributed by atoms with Crippen LogP contribution in [0.5, 0.6) is 0 Å². The smallest absolute Gasteiger partial charge is 0.226 e. The molecule has 0 saturated carbocycles. The van der Waals surface area contributed by atoms with Crippen molar-refractivity contribution >= 4 is 5.91 Å². The second-order valence-corrected chi connectivity index (χ2v) is 7.01.